The summed E-state index contributed by atoms with van der Waals surface area (Å²) in [7, 11) is 0. The van der Waals surface area contributed by atoms with Crippen LogP contribution in [-0.2, 0) is 25.7 Å². The topological polar surface area (TPSA) is 44.4 Å². The second kappa shape index (κ2) is 10.8. The quantitative estimate of drug-likeness (QED) is 0.263. The third-order valence-electron chi connectivity index (χ3n) is 6.51. The van der Waals surface area contributed by atoms with Gasteiger partial charge < -0.3 is 15.5 Å². The van der Waals surface area contributed by atoms with Gasteiger partial charge in [-0.1, -0.05) is 66.2 Å². The van der Waals surface area contributed by atoms with Gasteiger partial charge in [0.1, 0.15) is 0 Å². The number of rotatable bonds is 6. The lowest BCUT2D eigenvalue weighted by molar-refractivity contribution is -0.137. The van der Waals surface area contributed by atoms with Gasteiger partial charge in [0.05, 0.1) is 5.56 Å². The van der Waals surface area contributed by atoms with Gasteiger partial charge in [-0.3, -0.25) is 0 Å². The molecular formula is C30H25ClF3N3O. The summed E-state index contributed by atoms with van der Waals surface area (Å²) in [6.07, 6.45) is -3.39. The minimum absolute atomic E-state index is 0.298. The SMILES string of the molecule is O=C(NCc1ccc(CN2CCc3ccccc32)cc1)Nc1cc(Cl)cc(-c2cccc(C(F)(F)F)c2)c1. The maximum atomic E-state index is 13.1. The van der Waals surface area contributed by atoms with Crippen LogP contribution in [0.4, 0.5) is 29.3 Å². The second-order valence-electron chi connectivity index (χ2n) is 9.23. The normalized spacial score (nSPS) is 12.8. The first-order valence-corrected chi connectivity index (χ1v) is 12.6. The van der Waals surface area contributed by atoms with Crippen molar-refractivity contribution >= 4 is 29.0 Å². The fourth-order valence-electron chi connectivity index (χ4n) is 4.61. The number of carbonyl (C=O) groups is 1. The first kappa shape index (κ1) is 25.7. The summed E-state index contributed by atoms with van der Waals surface area (Å²) in [5, 5.41) is 5.82. The number of alkyl halides is 3. The molecule has 4 aromatic rings. The minimum Gasteiger partial charge on any atom is -0.367 e. The molecule has 5 rings (SSSR count). The van der Waals surface area contributed by atoms with E-state index in [1.807, 2.05) is 12.1 Å². The van der Waals surface area contributed by atoms with Crippen LogP contribution in [0.5, 0.6) is 0 Å². The smallest absolute Gasteiger partial charge is 0.367 e. The van der Waals surface area contributed by atoms with Crippen molar-refractivity contribution in [1.29, 1.82) is 0 Å². The molecule has 0 spiro atoms. The van der Waals surface area contributed by atoms with E-state index in [0.717, 1.165) is 37.2 Å². The van der Waals surface area contributed by atoms with Crippen molar-refractivity contribution < 1.29 is 18.0 Å². The maximum Gasteiger partial charge on any atom is 0.416 e. The lowest BCUT2D eigenvalue weighted by Crippen LogP contribution is -2.28. The van der Waals surface area contributed by atoms with Crippen molar-refractivity contribution in [2.24, 2.45) is 0 Å². The molecule has 4 aromatic carbocycles. The number of halogens is 4. The summed E-state index contributed by atoms with van der Waals surface area (Å²) in [5.74, 6) is 0. The van der Waals surface area contributed by atoms with Crippen LogP contribution in [-0.4, -0.2) is 12.6 Å². The van der Waals surface area contributed by atoms with E-state index in [-0.39, 0.29) is 0 Å². The van der Waals surface area contributed by atoms with Gasteiger partial charge in [0.15, 0.2) is 0 Å². The molecule has 0 fully saturated rings. The summed E-state index contributed by atoms with van der Waals surface area (Å²) >= 11 is 6.19. The molecule has 0 atom stereocenters. The van der Waals surface area contributed by atoms with Gasteiger partial charge in [0.25, 0.3) is 0 Å². The van der Waals surface area contributed by atoms with Crippen molar-refractivity contribution in [1.82, 2.24) is 5.32 Å². The lowest BCUT2D eigenvalue weighted by Gasteiger charge is -2.19. The summed E-state index contributed by atoms with van der Waals surface area (Å²) in [6, 6.07) is 25.8. The Balaban J connectivity index is 1.18. The van der Waals surface area contributed by atoms with Crippen molar-refractivity contribution in [2.45, 2.75) is 25.7 Å². The highest BCUT2D eigenvalue weighted by Gasteiger charge is 2.30. The second-order valence-corrected chi connectivity index (χ2v) is 9.67. The molecule has 0 saturated carbocycles. The number of hydrogen-bond acceptors (Lipinski definition) is 2. The predicted octanol–water partition coefficient (Wildman–Crippen LogP) is 7.91. The Morgan fingerprint density at radius 3 is 2.42 bits per heavy atom. The number of nitrogens with one attached hydrogen (secondary N) is 2. The molecule has 0 saturated heterocycles. The fourth-order valence-corrected chi connectivity index (χ4v) is 4.85. The van der Waals surface area contributed by atoms with E-state index in [9.17, 15) is 18.0 Å². The van der Waals surface area contributed by atoms with Gasteiger partial charge in [-0.25, -0.2) is 4.79 Å². The largest absolute Gasteiger partial charge is 0.416 e. The highest BCUT2D eigenvalue weighted by molar-refractivity contribution is 6.31. The Kier molecular flexibility index (Phi) is 7.29. The van der Waals surface area contributed by atoms with E-state index in [4.69, 9.17) is 11.6 Å². The number of nitrogens with zero attached hydrogens (tertiary/aromatic N) is 1. The van der Waals surface area contributed by atoms with E-state index in [0.29, 0.717) is 28.4 Å². The average molecular weight is 536 g/mol. The standard InChI is InChI=1S/C30H25ClF3N3O/c31-26-15-24(23-5-3-6-25(14-23)30(32,33)34)16-27(17-26)36-29(38)35-18-20-8-10-21(11-9-20)19-37-13-12-22-4-1-2-7-28(22)37/h1-11,14-17H,12-13,18-19H2,(H2,35,36,38). The molecule has 0 aliphatic carbocycles. The van der Waals surface area contributed by atoms with Gasteiger partial charge in [0.2, 0.25) is 0 Å². The highest BCUT2D eigenvalue weighted by atomic mass is 35.5. The number of carbonyl (C=O) groups excluding carboxylic acids is 1. The molecule has 1 heterocycles. The fraction of sp³-hybridized carbons (Fsp3) is 0.167. The van der Waals surface area contributed by atoms with Crippen LogP contribution in [0.3, 0.4) is 0 Å². The molecule has 2 N–H and O–H groups in total. The van der Waals surface area contributed by atoms with Crippen molar-refractivity contribution in [3.8, 4) is 11.1 Å². The van der Waals surface area contributed by atoms with Gasteiger partial charge in [-0.05, 0) is 70.6 Å². The van der Waals surface area contributed by atoms with E-state index < -0.39 is 17.8 Å². The molecule has 38 heavy (non-hydrogen) atoms. The Hall–Kier alpha value is -3.97. The molecule has 4 nitrogen and oxygen atoms in total. The molecule has 0 radical (unpaired) electrons. The summed E-state index contributed by atoms with van der Waals surface area (Å²) in [5.41, 5.74) is 5.24. The molecule has 1 aliphatic rings. The summed E-state index contributed by atoms with van der Waals surface area (Å²) < 4.78 is 39.3. The van der Waals surface area contributed by atoms with E-state index in [1.165, 1.54) is 22.9 Å². The van der Waals surface area contributed by atoms with Crippen LogP contribution in [0.1, 0.15) is 22.3 Å². The zero-order valence-electron chi connectivity index (χ0n) is 20.4. The minimum atomic E-state index is -4.45. The first-order chi connectivity index (χ1) is 18.2. The van der Waals surface area contributed by atoms with Gasteiger partial charge in [-0.15, -0.1) is 0 Å². The van der Waals surface area contributed by atoms with Crippen LogP contribution >= 0.6 is 11.6 Å². The number of hydrogen-bond donors (Lipinski definition) is 2. The Labute approximate surface area is 224 Å². The predicted molar refractivity (Wildman–Crippen MR) is 145 cm³/mol. The Bertz CT molecular complexity index is 1450. The summed E-state index contributed by atoms with van der Waals surface area (Å²) in [6.45, 7) is 2.15. The van der Waals surface area contributed by atoms with Gasteiger partial charge in [-0.2, -0.15) is 13.2 Å². The number of anilines is 2. The van der Waals surface area contributed by atoms with Crippen molar-refractivity contribution in [3.63, 3.8) is 0 Å². The van der Waals surface area contributed by atoms with Crippen LogP contribution in [0.2, 0.25) is 5.02 Å². The first-order valence-electron chi connectivity index (χ1n) is 12.2. The molecule has 194 valence electrons. The highest BCUT2D eigenvalue weighted by Crippen LogP contribution is 2.34. The van der Waals surface area contributed by atoms with Crippen molar-refractivity contribution in [3.05, 3.63) is 118 Å². The Morgan fingerprint density at radius 2 is 1.63 bits per heavy atom. The van der Waals surface area contributed by atoms with Crippen LogP contribution in [0.15, 0.2) is 91.0 Å². The molecular weight excluding hydrogens is 511 g/mol. The van der Waals surface area contributed by atoms with Crippen molar-refractivity contribution in [2.75, 3.05) is 16.8 Å². The average Bonchev–Trinajstić information content (AvgIpc) is 3.30. The zero-order chi connectivity index (χ0) is 26.7. The molecule has 8 heteroatoms. The van der Waals surface area contributed by atoms with Gasteiger partial charge >= 0.3 is 12.2 Å². The van der Waals surface area contributed by atoms with Crippen LogP contribution in [0, 0.1) is 0 Å². The number of para-hydroxylation sites is 1. The number of urea groups is 1. The number of fused-ring (bicyclic) bond motifs is 1. The maximum absolute atomic E-state index is 13.1. The van der Waals surface area contributed by atoms with E-state index in [2.05, 4.69) is 51.9 Å². The molecule has 0 unspecified atom stereocenters. The van der Waals surface area contributed by atoms with Gasteiger partial charge in [0, 0.05) is 36.0 Å². The zero-order valence-corrected chi connectivity index (χ0v) is 21.1. The third-order valence-corrected chi connectivity index (χ3v) is 6.73. The summed E-state index contributed by atoms with van der Waals surface area (Å²) in [4.78, 5) is 14.9. The molecule has 2 amide bonds. The molecule has 0 bridgehead atoms. The third kappa shape index (κ3) is 6.11. The molecule has 0 aromatic heterocycles. The molecule has 1 aliphatic heterocycles. The van der Waals surface area contributed by atoms with E-state index >= 15 is 0 Å². The monoisotopic (exact) mass is 535 g/mol. The lowest BCUT2D eigenvalue weighted by atomic mass is 10.0. The van der Waals surface area contributed by atoms with Crippen LogP contribution < -0.4 is 15.5 Å². The number of amides is 2. The Morgan fingerprint density at radius 1 is 0.868 bits per heavy atom. The van der Waals surface area contributed by atoms with Crippen LogP contribution in [0.25, 0.3) is 11.1 Å². The van der Waals surface area contributed by atoms with E-state index in [1.54, 1.807) is 24.3 Å². The number of benzene rings is 4.